The van der Waals surface area contributed by atoms with Crippen LogP contribution in [0, 0.1) is 11.6 Å². The molecule has 8 rings (SSSR count). The van der Waals surface area contributed by atoms with E-state index in [0.29, 0.717) is 48.3 Å². The second-order valence-electron chi connectivity index (χ2n) is 14.7. The maximum Gasteiger partial charge on any atom is 0.148 e. The number of hydrogen-bond donors (Lipinski definition) is 6. The second kappa shape index (κ2) is 16.0. The Kier molecular flexibility index (Phi) is 11.1. The molecule has 3 saturated carbocycles. The van der Waals surface area contributed by atoms with Gasteiger partial charge >= 0.3 is 0 Å². The first-order valence-electron chi connectivity index (χ1n) is 18.4. The molecule has 4 heterocycles. The molecule has 0 amide bonds. The van der Waals surface area contributed by atoms with Gasteiger partial charge in [0.25, 0.3) is 0 Å². The van der Waals surface area contributed by atoms with Crippen LogP contribution in [0.5, 0.6) is 0 Å². The van der Waals surface area contributed by atoms with Gasteiger partial charge in [0.05, 0.1) is 22.8 Å². The minimum absolute atomic E-state index is 0.224. The molecule has 0 bridgehead atoms. The van der Waals surface area contributed by atoms with Crippen LogP contribution in [-0.2, 0) is 10.8 Å². The summed E-state index contributed by atoms with van der Waals surface area (Å²) in [7, 11) is 0. The van der Waals surface area contributed by atoms with Crippen LogP contribution < -0.4 is 33.2 Å². The van der Waals surface area contributed by atoms with E-state index in [1.165, 1.54) is 17.7 Å². The minimum atomic E-state index is -0.248. The van der Waals surface area contributed by atoms with Crippen molar-refractivity contribution in [2.24, 2.45) is 11.7 Å². The van der Waals surface area contributed by atoms with Crippen molar-refractivity contribution in [3.63, 3.8) is 0 Å². The molecule has 12 nitrogen and oxygen atoms in total. The minimum Gasteiger partial charge on any atom is -0.368 e. The molecule has 4 aromatic rings. The number of allylic oxidation sites excluding steroid dienone is 1. The van der Waals surface area contributed by atoms with Crippen molar-refractivity contribution in [3.05, 3.63) is 101 Å². The molecular formula is C38H48F2N12. The van der Waals surface area contributed by atoms with Crippen molar-refractivity contribution in [2.45, 2.75) is 99.5 Å². The summed E-state index contributed by atoms with van der Waals surface area (Å²) in [5, 5.41) is 24.0. The van der Waals surface area contributed by atoms with Gasteiger partial charge in [-0.25, -0.2) is 8.78 Å². The molecule has 52 heavy (non-hydrogen) atoms. The van der Waals surface area contributed by atoms with Crippen LogP contribution in [0.3, 0.4) is 0 Å². The first kappa shape index (κ1) is 35.9. The number of nitrogens with two attached hydrogens (primary N) is 2. The van der Waals surface area contributed by atoms with Crippen LogP contribution >= 0.6 is 0 Å². The summed E-state index contributed by atoms with van der Waals surface area (Å²) in [4.78, 5) is 8.59. The molecule has 0 spiro atoms. The van der Waals surface area contributed by atoms with Gasteiger partial charge in [-0.2, -0.15) is 5.10 Å². The van der Waals surface area contributed by atoms with Crippen molar-refractivity contribution >= 4 is 17.2 Å². The third-order valence-corrected chi connectivity index (χ3v) is 11.5. The van der Waals surface area contributed by atoms with Crippen molar-refractivity contribution in [1.29, 1.82) is 0 Å². The molecular weight excluding hydrogens is 662 g/mol. The summed E-state index contributed by atoms with van der Waals surface area (Å²) in [6.45, 7) is 1.24. The Balaban J connectivity index is 0.000000162. The average Bonchev–Trinajstić information content (AvgIpc) is 3.13. The van der Waals surface area contributed by atoms with Crippen LogP contribution in [-0.4, -0.2) is 55.5 Å². The van der Waals surface area contributed by atoms with E-state index in [9.17, 15) is 8.78 Å². The molecule has 4 aromatic heterocycles. The number of pyridine rings is 2. The van der Waals surface area contributed by atoms with Gasteiger partial charge < -0.3 is 10.6 Å². The van der Waals surface area contributed by atoms with Crippen molar-refractivity contribution < 1.29 is 8.78 Å². The molecule has 0 radical (unpaired) electrons. The fourth-order valence-electron chi connectivity index (χ4n) is 7.74. The molecule has 274 valence electrons. The summed E-state index contributed by atoms with van der Waals surface area (Å²) in [6, 6.07) is 14.9. The first-order valence-corrected chi connectivity index (χ1v) is 18.4. The molecule has 4 aliphatic carbocycles. The van der Waals surface area contributed by atoms with Gasteiger partial charge in [0.15, 0.2) is 0 Å². The van der Waals surface area contributed by atoms with Crippen molar-refractivity contribution in [3.8, 4) is 0 Å². The topological polar surface area (TPSA) is 177 Å². The number of aromatic nitrogens is 6. The third-order valence-electron chi connectivity index (χ3n) is 11.5. The number of hydrogen-bond acceptors (Lipinski definition) is 12. The fraction of sp³-hybridized carbons (Fsp3) is 0.474. The maximum absolute atomic E-state index is 14.2. The zero-order valence-electron chi connectivity index (χ0n) is 29.4. The van der Waals surface area contributed by atoms with Crippen LogP contribution in [0.2, 0.25) is 0 Å². The van der Waals surface area contributed by atoms with Crippen LogP contribution in [0.25, 0.3) is 5.57 Å². The maximum atomic E-state index is 14.2. The Morgan fingerprint density at radius 2 is 1.27 bits per heavy atom. The van der Waals surface area contributed by atoms with E-state index in [-0.39, 0.29) is 22.5 Å². The lowest BCUT2D eigenvalue weighted by Crippen LogP contribution is -2.44. The van der Waals surface area contributed by atoms with Gasteiger partial charge in [-0.15, -0.1) is 15.3 Å². The Morgan fingerprint density at radius 3 is 1.69 bits per heavy atom. The molecule has 8 N–H and O–H groups in total. The van der Waals surface area contributed by atoms with Crippen LogP contribution in [0.4, 0.5) is 20.4 Å². The van der Waals surface area contributed by atoms with Gasteiger partial charge in [0.2, 0.25) is 0 Å². The zero-order chi connectivity index (χ0) is 36.0. The van der Waals surface area contributed by atoms with E-state index in [1.807, 2.05) is 24.3 Å². The zero-order valence-corrected chi connectivity index (χ0v) is 29.4. The molecule has 14 heteroatoms. The van der Waals surface area contributed by atoms with Gasteiger partial charge in [-0.1, -0.05) is 18.9 Å². The highest BCUT2D eigenvalue weighted by atomic mass is 19.1. The average molecular weight is 711 g/mol. The normalized spacial score (nSPS) is 22.7. The summed E-state index contributed by atoms with van der Waals surface area (Å²) in [6.07, 6.45) is 16.3. The van der Waals surface area contributed by atoms with Gasteiger partial charge in [0.1, 0.15) is 23.3 Å². The SMILES string of the molecule is NNC1CC(c2ccc(NCC3(c4ncccc4F)CCC3)nn2)C1.NNC1CC=C(c2ccc(NCC3(c4ncccc4F)CCC3)nn2)CC1. The highest BCUT2D eigenvalue weighted by Crippen LogP contribution is 2.45. The van der Waals surface area contributed by atoms with Crippen molar-refractivity contribution in [1.82, 2.24) is 41.2 Å². The van der Waals surface area contributed by atoms with E-state index in [1.54, 1.807) is 24.5 Å². The molecule has 0 aliphatic heterocycles. The molecule has 4 aliphatic rings. The molecule has 1 atom stereocenters. The van der Waals surface area contributed by atoms with Crippen LogP contribution in [0.15, 0.2) is 67.0 Å². The number of nitrogens with one attached hydrogen (secondary N) is 4. The number of anilines is 2. The number of nitrogens with zero attached hydrogens (tertiary/aromatic N) is 6. The van der Waals surface area contributed by atoms with E-state index in [4.69, 9.17) is 11.7 Å². The summed E-state index contributed by atoms with van der Waals surface area (Å²) < 4.78 is 28.4. The Labute approximate surface area is 303 Å². The molecule has 0 saturated heterocycles. The fourth-order valence-corrected chi connectivity index (χ4v) is 7.74. The molecule has 0 aromatic carbocycles. The quantitative estimate of drug-likeness (QED) is 0.0839. The number of rotatable bonds is 12. The Morgan fingerprint density at radius 1 is 0.692 bits per heavy atom. The first-order chi connectivity index (χ1) is 25.4. The van der Waals surface area contributed by atoms with Gasteiger partial charge in [-0.3, -0.25) is 32.5 Å². The standard InChI is InChI=1S/C20H25FN6.C18H23FN6/c21-16-3-1-12-23-19(16)20(10-2-11-20)13-24-18-9-8-17(26-27-18)14-4-6-15(25-22)7-5-14;19-14-3-1-8-21-17(14)18(6-2-7-18)11-22-16-5-4-15(24-25-16)12-9-13(10-12)23-20/h1,3-4,8-9,12,15,25H,2,5-7,10-11,13,22H2,(H,24,27);1,3-5,8,12-13,23H,2,6-7,9-11,20H2,(H,22,25). The highest BCUT2D eigenvalue weighted by Gasteiger charge is 2.43. The Bertz CT molecular complexity index is 1810. The van der Waals surface area contributed by atoms with E-state index in [2.05, 4.69) is 57.9 Å². The van der Waals surface area contributed by atoms with E-state index < -0.39 is 0 Å². The van der Waals surface area contributed by atoms with Crippen LogP contribution in [0.1, 0.15) is 99.3 Å². The van der Waals surface area contributed by atoms with E-state index >= 15 is 0 Å². The molecule has 3 fully saturated rings. The highest BCUT2D eigenvalue weighted by molar-refractivity contribution is 5.63. The monoisotopic (exact) mass is 710 g/mol. The second-order valence-corrected chi connectivity index (χ2v) is 14.7. The summed E-state index contributed by atoms with van der Waals surface area (Å²) >= 11 is 0. The lowest BCUT2D eigenvalue weighted by atomic mass is 9.66. The number of hydrazine groups is 2. The lowest BCUT2D eigenvalue weighted by Gasteiger charge is -2.41. The van der Waals surface area contributed by atoms with Crippen molar-refractivity contribution in [2.75, 3.05) is 23.7 Å². The summed E-state index contributed by atoms with van der Waals surface area (Å²) in [5.41, 5.74) is 9.37. The molecule has 1 unspecified atom stereocenters. The van der Waals surface area contributed by atoms with Gasteiger partial charge in [0, 0.05) is 54.3 Å². The third kappa shape index (κ3) is 7.80. The largest absolute Gasteiger partial charge is 0.368 e. The number of halogens is 2. The predicted molar refractivity (Wildman–Crippen MR) is 197 cm³/mol. The smallest absolute Gasteiger partial charge is 0.148 e. The van der Waals surface area contributed by atoms with E-state index in [0.717, 1.165) is 87.8 Å². The lowest BCUT2D eigenvalue weighted by molar-refractivity contribution is 0.243. The summed E-state index contributed by atoms with van der Waals surface area (Å²) in [5.74, 6) is 12.3. The van der Waals surface area contributed by atoms with Gasteiger partial charge in [-0.05, 0) is 112 Å². The predicted octanol–water partition coefficient (Wildman–Crippen LogP) is 5.20. The Hall–Kier alpha value is -4.50.